The maximum Gasteiger partial charge on any atom is 0.326 e. The lowest BCUT2D eigenvalue weighted by molar-refractivity contribution is -0.139. The Labute approximate surface area is 226 Å². The van der Waals surface area contributed by atoms with Gasteiger partial charge in [-0.15, -0.1) is 0 Å². The van der Waals surface area contributed by atoms with Crippen molar-refractivity contribution in [1.29, 1.82) is 0 Å². The van der Waals surface area contributed by atoms with Gasteiger partial charge >= 0.3 is 5.97 Å². The van der Waals surface area contributed by atoms with Crippen LogP contribution in [0.25, 0.3) is 0 Å². The fourth-order valence-electron chi connectivity index (χ4n) is 4.32. The van der Waals surface area contributed by atoms with E-state index >= 15 is 0 Å². The molecular weight excluding hydrogens is 500 g/mol. The topological polar surface area (TPSA) is 148 Å². The van der Waals surface area contributed by atoms with Crippen LogP contribution in [0.4, 0.5) is 11.5 Å². The molecule has 4 N–H and O–H groups in total. The normalized spacial score (nSPS) is 14.1. The van der Waals surface area contributed by atoms with Crippen molar-refractivity contribution in [2.24, 2.45) is 0 Å². The minimum Gasteiger partial charge on any atom is -0.508 e. The van der Waals surface area contributed by atoms with Crippen LogP contribution >= 0.6 is 0 Å². The second kappa shape index (κ2) is 12.2. The van der Waals surface area contributed by atoms with Crippen LogP contribution in [0.5, 0.6) is 5.75 Å². The van der Waals surface area contributed by atoms with E-state index in [0.29, 0.717) is 31.7 Å². The molecule has 1 aliphatic heterocycles. The van der Waals surface area contributed by atoms with Gasteiger partial charge in [0.25, 0.3) is 11.8 Å². The molecule has 0 bridgehead atoms. The van der Waals surface area contributed by atoms with Gasteiger partial charge in [0.1, 0.15) is 17.5 Å². The van der Waals surface area contributed by atoms with Crippen LogP contribution in [0.2, 0.25) is 0 Å². The summed E-state index contributed by atoms with van der Waals surface area (Å²) in [6.45, 7) is 6.37. The molecule has 2 amide bonds. The lowest BCUT2D eigenvalue weighted by atomic mass is 10.1. The summed E-state index contributed by atoms with van der Waals surface area (Å²) in [5.74, 6) is -1.11. The number of hydrogen-bond donors (Lipinski definition) is 4. The Morgan fingerprint density at radius 1 is 0.974 bits per heavy atom. The molecule has 11 heteroatoms. The van der Waals surface area contributed by atoms with Crippen molar-refractivity contribution in [3.8, 4) is 5.75 Å². The Morgan fingerprint density at radius 3 is 2.31 bits per heavy atom. The summed E-state index contributed by atoms with van der Waals surface area (Å²) < 4.78 is 0. The Bertz CT molecular complexity index is 1300. The maximum atomic E-state index is 13.1. The Kier molecular flexibility index (Phi) is 8.60. The first-order valence-corrected chi connectivity index (χ1v) is 12.7. The number of aliphatic carboxylic acids is 1. The Morgan fingerprint density at radius 2 is 1.69 bits per heavy atom. The number of phenols is 1. The third-order valence-corrected chi connectivity index (χ3v) is 6.32. The van der Waals surface area contributed by atoms with Gasteiger partial charge in [0.15, 0.2) is 5.82 Å². The predicted octanol–water partition coefficient (Wildman–Crippen LogP) is 2.39. The van der Waals surface area contributed by atoms with E-state index in [1.165, 1.54) is 30.5 Å². The fraction of sp³-hybridized carbons (Fsp3) is 0.321. The Hall–Kier alpha value is -4.67. The van der Waals surface area contributed by atoms with Crippen molar-refractivity contribution in [3.05, 3.63) is 77.7 Å². The molecule has 1 aliphatic rings. The highest BCUT2D eigenvalue weighted by atomic mass is 16.4. The molecule has 0 saturated carbocycles. The van der Waals surface area contributed by atoms with Crippen molar-refractivity contribution >= 4 is 29.3 Å². The highest BCUT2D eigenvalue weighted by Crippen LogP contribution is 2.25. The molecule has 1 saturated heterocycles. The zero-order valence-corrected chi connectivity index (χ0v) is 21.9. The van der Waals surface area contributed by atoms with Gasteiger partial charge in [0.2, 0.25) is 0 Å². The third-order valence-electron chi connectivity index (χ3n) is 6.32. The van der Waals surface area contributed by atoms with Crippen LogP contribution in [-0.2, 0) is 11.2 Å². The number of nitrogens with one attached hydrogen (secondary N) is 2. The number of piperazine rings is 1. The van der Waals surface area contributed by atoms with Gasteiger partial charge in [-0.3, -0.25) is 14.6 Å². The van der Waals surface area contributed by atoms with E-state index in [1.54, 1.807) is 23.2 Å². The number of pyridine rings is 2. The summed E-state index contributed by atoms with van der Waals surface area (Å²) in [4.78, 5) is 50.0. The zero-order valence-electron chi connectivity index (χ0n) is 21.9. The number of phenolic OH excluding ortho intramolecular Hbond substituents is 1. The molecule has 39 heavy (non-hydrogen) atoms. The van der Waals surface area contributed by atoms with E-state index in [4.69, 9.17) is 0 Å². The smallest absolute Gasteiger partial charge is 0.326 e. The number of anilines is 2. The molecule has 0 aliphatic carbocycles. The predicted molar refractivity (Wildman–Crippen MR) is 146 cm³/mol. The first-order chi connectivity index (χ1) is 18.7. The average molecular weight is 533 g/mol. The number of carbonyl (C=O) groups excluding carboxylic acids is 2. The van der Waals surface area contributed by atoms with Gasteiger partial charge in [0, 0.05) is 51.0 Å². The minimum atomic E-state index is -1.19. The minimum absolute atomic E-state index is 0.0465. The van der Waals surface area contributed by atoms with Gasteiger partial charge in [-0.25, -0.2) is 9.78 Å². The van der Waals surface area contributed by atoms with Crippen LogP contribution in [0.15, 0.2) is 60.9 Å². The molecule has 4 rings (SSSR count). The molecule has 0 spiro atoms. The molecule has 1 atom stereocenters. The standard InChI is InChI=1S/C28H32N6O5/c1-18(2)31-22-4-3-11-29-25(22)33-12-14-34(15-13-33)27(37)23-10-7-20(17-30-23)26(36)32-24(28(38)39)16-19-5-8-21(35)9-6-19/h3-11,17-18,24,31,35H,12-16H2,1-2H3,(H,32,36)(H,38,39)/t24-/m0/s1. The Balaban J connectivity index is 1.34. The number of hydrogen-bond acceptors (Lipinski definition) is 8. The number of carbonyl (C=O) groups is 3. The summed E-state index contributed by atoms with van der Waals surface area (Å²) in [5, 5.41) is 24.9. The third kappa shape index (κ3) is 7.01. The quantitative estimate of drug-likeness (QED) is 0.326. The van der Waals surface area contributed by atoms with Crippen molar-refractivity contribution in [2.75, 3.05) is 36.4 Å². The molecule has 1 aromatic carbocycles. The SMILES string of the molecule is CC(C)Nc1cccnc1N1CCN(C(=O)c2ccc(C(=O)N[C@@H](Cc3ccc(O)cc3)C(=O)O)cn2)CC1. The first kappa shape index (κ1) is 27.4. The highest BCUT2D eigenvalue weighted by Gasteiger charge is 2.26. The molecule has 11 nitrogen and oxygen atoms in total. The summed E-state index contributed by atoms with van der Waals surface area (Å²) in [6, 6.07) is 12.0. The van der Waals surface area contributed by atoms with Crippen LogP contribution in [-0.4, -0.2) is 81.1 Å². The second-order valence-corrected chi connectivity index (χ2v) is 9.62. The van der Waals surface area contributed by atoms with Gasteiger partial charge < -0.3 is 30.6 Å². The van der Waals surface area contributed by atoms with E-state index in [1.807, 2.05) is 12.1 Å². The van der Waals surface area contributed by atoms with Gasteiger partial charge in [-0.05, 0) is 55.8 Å². The van der Waals surface area contributed by atoms with Gasteiger partial charge in [-0.1, -0.05) is 12.1 Å². The van der Waals surface area contributed by atoms with E-state index in [2.05, 4.69) is 39.3 Å². The molecular formula is C28H32N6O5. The van der Waals surface area contributed by atoms with Gasteiger partial charge in [0.05, 0.1) is 11.3 Å². The largest absolute Gasteiger partial charge is 0.508 e. The molecule has 1 fully saturated rings. The van der Waals surface area contributed by atoms with Crippen molar-refractivity contribution in [3.63, 3.8) is 0 Å². The molecule has 0 radical (unpaired) electrons. The number of amides is 2. The molecule has 3 heterocycles. The average Bonchev–Trinajstić information content (AvgIpc) is 2.93. The molecule has 0 unspecified atom stereocenters. The van der Waals surface area contributed by atoms with Crippen molar-refractivity contribution in [1.82, 2.24) is 20.2 Å². The van der Waals surface area contributed by atoms with E-state index in [-0.39, 0.29) is 35.4 Å². The second-order valence-electron chi connectivity index (χ2n) is 9.62. The van der Waals surface area contributed by atoms with Crippen LogP contribution in [0.3, 0.4) is 0 Å². The summed E-state index contributed by atoms with van der Waals surface area (Å²) in [6.07, 6.45) is 3.08. The summed E-state index contributed by atoms with van der Waals surface area (Å²) >= 11 is 0. The number of carboxylic acid groups (broad SMARTS) is 1. The van der Waals surface area contributed by atoms with Crippen LogP contribution in [0.1, 0.15) is 40.3 Å². The number of benzene rings is 1. The molecule has 2 aromatic heterocycles. The number of carboxylic acids is 1. The van der Waals surface area contributed by atoms with Gasteiger partial charge in [-0.2, -0.15) is 0 Å². The number of nitrogens with zero attached hydrogens (tertiary/aromatic N) is 4. The summed E-state index contributed by atoms with van der Waals surface area (Å²) in [7, 11) is 0. The van der Waals surface area contributed by atoms with E-state index in [9.17, 15) is 24.6 Å². The number of aromatic hydroxyl groups is 1. The molecule has 3 aromatic rings. The van der Waals surface area contributed by atoms with E-state index < -0.39 is 17.9 Å². The summed E-state index contributed by atoms with van der Waals surface area (Å²) in [5.41, 5.74) is 1.96. The zero-order chi connectivity index (χ0) is 27.9. The number of aromatic nitrogens is 2. The highest BCUT2D eigenvalue weighted by molar-refractivity contribution is 5.98. The number of rotatable bonds is 9. The monoisotopic (exact) mass is 532 g/mol. The van der Waals surface area contributed by atoms with E-state index in [0.717, 1.165) is 11.5 Å². The van der Waals surface area contributed by atoms with Crippen LogP contribution in [0, 0.1) is 0 Å². The maximum absolute atomic E-state index is 13.1. The van der Waals surface area contributed by atoms with Crippen LogP contribution < -0.4 is 15.5 Å². The van der Waals surface area contributed by atoms with Crippen molar-refractivity contribution < 1.29 is 24.6 Å². The lowest BCUT2D eigenvalue weighted by Crippen LogP contribution is -2.49. The first-order valence-electron chi connectivity index (χ1n) is 12.7. The van der Waals surface area contributed by atoms with Crippen molar-refractivity contribution in [2.45, 2.75) is 32.4 Å². The lowest BCUT2D eigenvalue weighted by Gasteiger charge is -2.36. The molecule has 204 valence electrons. The fourth-order valence-corrected chi connectivity index (χ4v) is 4.32.